The molecule has 1 aromatic carbocycles. The predicted molar refractivity (Wildman–Crippen MR) is 73.4 cm³/mol. The van der Waals surface area contributed by atoms with Crippen molar-refractivity contribution in [1.82, 2.24) is 10.1 Å². The summed E-state index contributed by atoms with van der Waals surface area (Å²) in [5.74, 6) is 0.275. The van der Waals surface area contributed by atoms with Gasteiger partial charge >= 0.3 is 0 Å². The average Bonchev–Trinajstić information content (AvgIpc) is 2.88. The van der Waals surface area contributed by atoms with Crippen LogP contribution in [0.3, 0.4) is 0 Å². The van der Waals surface area contributed by atoms with Gasteiger partial charge in [-0.3, -0.25) is 4.79 Å². The van der Waals surface area contributed by atoms with Crippen molar-refractivity contribution in [3.63, 3.8) is 0 Å². The van der Waals surface area contributed by atoms with Gasteiger partial charge in [0.15, 0.2) is 11.6 Å². The van der Waals surface area contributed by atoms with E-state index in [1.54, 1.807) is 12.1 Å². The first-order valence-corrected chi connectivity index (χ1v) is 6.53. The Bertz CT molecular complexity index is 620. The number of nitrogens with zero attached hydrogens (tertiary/aromatic N) is 2. The lowest BCUT2D eigenvalue weighted by molar-refractivity contribution is -0.122. The zero-order chi connectivity index (χ0) is 15.5. The smallest absolute Gasteiger partial charge is 0.234 e. The van der Waals surface area contributed by atoms with Crippen LogP contribution in [-0.4, -0.2) is 29.6 Å². The fourth-order valence-electron chi connectivity index (χ4n) is 1.96. The maximum absolute atomic E-state index is 13.0. The fraction of sp³-hybridized carbons (Fsp3) is 0.400. The van der Waals surface area contributed by atoms with Crippen LogP contribution in [-0.2, 0) is 21.4 Å². The highest BCUT2D eigenvalue weighted by atomic mass is 19.1. The molecule has 6 heteroatoms. The van der Waals surface area contributed by atoms with Crippen LogP contribution in [0.5, 0.6) is 0 Å². The van der Waals surface area contributed by atoms with E-state index in [-0.39, 0.29) is 30.5 Å². The number of methoxy groups -OCH3 is 1. The van der Waals surface area contributed by atoms with E-state index in [0.717, 1.165) is 5.56 Å². The maximum Gasteiger partial charge on any atom is 0.234 e. The monoisotopic (exact) mass is 292 g/mol. The van der Waals surface area contributed by atoms with Crippen molar-refractivity contribution < 1.29 is 18.4 Å². The zero-order valence-corrected chi connectivity index (χ0v) is 12.2. The van der Waals surface area contributed by atoms with Crippen LogP contribution in [0.1, 0.15) is 31.1 Å². The molecule has 0 bridgehead atoms. The summed E-state index contributed by atoms with van der Waals surface area (Å²) in [6.45, 7) is 3.83. The van der Waals surface area contributed by atoms with Crippen LogP contribution >= 0.6 is 0 Å². The van der Waals surface area contributed by atoms with Gasteiger partial charge in [0.25, 0.3) is 0 Å². The number of hydrogen-bond acceptors (Lipinski definition) is 5. The van der Waals surface area contributed by atoms with Gasteiger partial charge in [0.2, 0.25) is 5.89 Å². The molecule has 2 aromatic rings. The molecule has 0 fully saturated rings. The van der Waals surface area contributed by atoms with Crippen LogP contribution < -0.4 is 0 Å². The van der Waals surface area contributed by atoms with Gasteiger partial charge < -0.3 is 9.26 Å². The number of Topliss-reactive ketones (excluding diaryl/α,β-unsaturated/α-hetero) is 1. The van der Waals surface area contributed by atoms with Gasteiger partial charge in [-0.15, -0.1) is 0 Å². The third kappa shape index (κ3) is 3.52. The van der Waals surface area contributed by atoms with Crippen molar-refractivity contribution in [3.8, 4) is 0 Å². The van der Waals surface area contributed by atoms with Crippen molar-refractivity contribution in [1.29, 1.82) is 0 Å². The number of carbonyl (C=O) groups is 1. The number of hydrogen-bond donors (Lipinski definition) is 0. The van der Waals surface area contributed by atoms with E-state index in [2.05, 4.69) is 10.1 Å². The van der Waals surface area contributed by atoms with Crippen LogP contribution in [0.4, 0.5) is 4.39 Å². The highest BCUT2D eigenvalue weighted by Crippen LogP contribution is 2.29. The summed E-state index contributed by atoms with van der Waals surface area (Å²) in [7, 11) is 1.45. The van der Waals surface area contributed by atoms with E-state index in [1.807, 2.05) is 13.8 Å². The van der Waals surface area contributed by atoms with Crippen LogP contribution in [0.25, 0.3) is 0 Å². The molecule has 0 aliphatic heterocycles. The van der Waals surface area contributed by atoms with Gasteiger partial charge in [-0.1, -0.05) is 17.3 Å². The topological polar surface area (TPSA) is 65.2 Å². The summed E-state index contributed by atoms with van der Waals surface area (Å²) >= 11 is 0. The largest absolute Gasteiger partial charge is 0.377 e. The Morgan fingerprint density at radius 3 is 2.62 bits per heavy atom. The standard InChI is InChI=1S/C15H17FN2O3/c1-15(2,10-4-6-11(16)7-5-10)14-17-13(21-18-14)8-12(19)9-20-3/h4-7H,8-9H2,1-3H3. The van der Waals surface area contributed by atoms with Crippen molar-refractivity contribution in [2.45, 2.75) is 25.7 Å². The number of carbonyl (C=O) groups excluding carboxylic acids is 1. The first-order chi connectivity index (χ1) is 9.93. The zero-order valence-electron chi connectivity index (χ0n) is 12.2. The number of halogens is 1. The van der Waals surface area contributed by atoms with Crippen LogP contribution in [0.2, 0.25) is 0 Å². The number of aromatic nitrogens is 2. The molecule has 0 amide bonds. The van der Waals surface area contributed by atoms with Crippen LogP contribution in [0, 0.1) is 5.82 Å². The summed E-state index contributed by atoms with van der Waals surface area (Å²) in [6, 6.07) is 6.14. The molecule has 2 rings (SSSR count). The van der Waals surface area contributed by atoms with Gasteiger partial charge in [0.1, 0.15) is 12.4 Å². The summed E-state index contributed by atoms with van der Waals surface area (Å²) in [5.41, 5.74) is 0.319. The molecule has 0 saturated carbocycles. The maximum atomic E-state index is 13.0. The molecule has 5 nitrogen and oxygen atoms in total. The molecule has 0 aliphatic carbocycles. The molecule has 112 valence electrons. The molecule has 1 aromatic heterocycles. The molecular weight excluding hydrogens is 275 g/mol. The molecule has 0 aliphatic rings. The number of ketones is 1. The van der Waals surface area contributed by atoms with Gasteiger partial charge in [-0.25, -0.2) is 4.39 Å². The molecule has 0 unspecified atom stereocenters. The van der Waals surface area contributed by atoms with Gasteiger partial charge in [-0.2, -0.15) is 4.98 Å². The summed E-state index contributed by atoms with van der Waals surface area (Å²) in [4.78, 5) is 15.7. The minimum absolute atomic E-state index is 0.0130. The van der Waals surface area contributed by atoms with E-state index in [1.165, 1.54) is 19.2 Å². The minimum atomic E-state index is -0.542. The van der Waals surface area contributed by atoms with E-state index < -0.39 is 5.41 Å². The second-order valence-corrected chi connectivity index (χ2v) is 5.29. The van der Waals surface area contributed by atoms with Crippen molar-refractivity contribution >= 4 is 5.78 Å². The van der Waals surface area contributed by atoms with Gasteiger partial charge in [-0.05, 0) is 31.5 Å². The van der Waals surface area contributed by atoms with Gasteiger partial charge in [0, 0.05) is 7.11 Å². The fourth-order valence-corrected chi connectivity index (χ4v) is 1.96. The molecule has 0 saturated heterocycles. The first-order valence-electron chi connectivity index (χ1n) is 6.53. The average molecular weight is 292 g/mol. The van der Waals surface area contributed by atoms with Crippen molar-refractivity contribution in [2.75, 3.05) is 13.7 Å². The Labute approximate surface area is 122 Å². The molecular formula is C15H17FN2O3. The van der Waals surface area contributed by atoms with Crippen LogP contribution in [0.15, 0.2) is 28.8 Å². The van der Waals surface area contributed by atoms with E-state index in [9.17, 15) is 9.18 Å². The Balaban J connectivity index is 2.19. The predicted octanol–water partition coefficient (Wildman–Crippen LogP) is 2.29. The third-order valence-corrected chi connectivity index (χ3v) is 3.25. The molecule has 0 spiro atoms. The van der Waals surface area contributed by atoms with Crippen molar-refractivity contribution in [3.05, 3.63) is 47.4 Å². The second kappa shape index (κ2) is 6.13. The number of ether oxygens (including phenoxy) is 1. The highest BCUT2D eigenvalue weighted by Gasteiger charge is 2.29. The minimum Gasteiger partial charge on any atom is -0.377 e. The summed E-state index contributed by atoms with van der Waals surface area (Å²) in [6.07, 6.45) is 0.0420. The molecule has 1 heterocycles. The molecule has 0 atom stereocenters. The first kappa shape index (κ1) is 15.3. The second-order valence-electron chi connectivity index (χ2n) is 5.29. The molecule has 0 N–H and O–H groups in total. The van der Waals surface area contributed by atoms with E-state index >= 15 is 0 Å². The van der Waals surface area contributed by atoms with Crippen molar-refractivity contribution in [2.24, 2.45) is 0 Å². The van der Waals surface area contributed by atoms with E-state index in [4.69, 9.17) is 9.26 Å². The Morgan fingerprint density at radius 1 is 1.33 bits per heavy atom. The SMILES string of the molecule is COCC(=O)Cc1nc(C(C)(C)c2ccc(F)cc2)no1. The normalized spacial score (nSPS) is 11.6. The lowest BCUT2D eigenvalue weighted by Crippen LogP contribution is -2.21. The Hall–Kier alpha value is -2.08. The highest BCUT2D eigenvalue weighted by molar-refractivity contribution is 5.81. The van der Waals surface area contributed by atoms with E-state index in [0.29, 0.717) is 5.82 Å². The quantitative estimate of drug-likeness (QED) is 0.817. The molecule has 0 radical (unpaired) electrons. The van der Waals surface area contributed by atoms with Gasteiger partial charge in [0.05, 0.1) is 11.8 Å². The number of benzene rings is 1. The number of rotatable bonds is 6. The summed E-state index contributed by atoms with van der Waals surface area (Å²) in [5, 5.41) is 3.93. The Kier molecular flexibility index (Phi) is 4.47. The lowest BCUT2D eigenvalue weighted by Gasteiger charge is -2.20. The lowest BCUT2D eigenvalue weighted by atomic mass is 9.84. The summed E-state index contributed by atoms with van der Waals surface area (Å²) < 4.78 is 22.9. The Morgan fingerprint density at radius 2 is 2.00 bits per heavy atom. The third-order valence-electron chi connectivity index (χ3n) is 3.25. The molecule has 21 heavy (non-hydrogen) atoms.